The van der Waals surface area contributed by atoms with Gasteiger partial charge in [0.15, 0.2) is 0 Å². The van der Waals surface area contributed by atoms with E-state index in [0.29, 0.717) is 16.7 Å². The van der Waals surface area contributed by atoms with Crippen LogP contribution < -0.4 is 12.5 Å². The zero-order valence-corrected chi connectivity index (χ0v) is 19.9. The summed E-state index contributed by atoms with van der Waals surface area (Å²) in [5.74, 6) is -0.938. The molecule has 15 heteroatoms. The van der Waals surface area contributed by atoms with Crippen molar-refractivity contribution in [1.29, 1.82) is 0 Å². The summed E-state index contributed by atoms with van der Waals surface area (Å²) in [7, 11) is -15.8. The van der Waals surface area contributed by atoms with Gasteiger partial charge in [0.2, 0.25) is 0 Å². The highest BCUT2D eigenvalue weighted by Crippen LogP contribution is 2.40. The summed E-state index contributed by atoms with van der Waals surface area (Å²) in [5, 5.41) is 0. The van der Waals surface area contributed by atoms with Crippen LogP contribution in [0, 0.1) is 0 Å². The molecule has 0 spiro atoms. The van der Waals surface area contributed by atoms with Crippen molar-refractivity contribution in [3.05, 3.63) is 89.5 Å². The molecule has 0 bridgehead atoms. The van der Waals surface area contributed by atoms with Gasteiger partial charge in [0.05, 0.1) is 0 Å². The van der Waals surface area contributed by atoms with E-state index in [1.807, 2.05) is 0 Å². The van der Waals surface area contributed by atoms with Crippen molar-refractivity contribution in [3.63, 3.8) is 0 Å². The third-order valence-electron chi connectivity index (χ3n) is 4.88. The van der Waals surface area contributed by atoms with E-state index in [1.54, 1.807) is 6.92 Å². The fourth-order valence-electron chi connectivity index (χ4n) is 3.38. The first-order chi connectivity index (χ1) is 16.1. The van der Waals surface area contributed by atoms with Gasteiger partial charge in [-0.25, -0.2) is 0 Å². The van der Waals surface area contributed by atoms with Crippen LogP contribution in [0.5, 0.6) is 17.2 Å². The van der Waals surface area contributed by atoms with E-state index < -0.39 is 36.9 Å². The van der Waals surface area contributed by atoms with Crippen molar-refractivity contribution in [1.82, 2.24) is 0 Å². The molecule has 0 unspecified atom stereocenters. The lowest BCUT2D eigenvalue weighted by Gasteiger charge is -2.32. The predicted octanol–water partition coefficient (Wildman–Crippen LogP) is 3.82. The zero-order chi connectivity index (χ0) is 26.1. The van der Waals surface area contributed by atoms with Crippen LogP contribution in [0.15, 0.2) is 72.8 Å². The van der Waals surface area contributed by atoms with Gasteiger partial charge in [0.25, 0.3) is 0 Å². The normalized spacial score (nSPS) is 12.7. The highest BCUT2D eigenvalue weighted by atomic mass is 32.3. The average Bonchev–Trinajstić information content (AvgIpc) is 2.71. The summed E-state index contributed by atoms with van der Waals surface area (Å²) in [6.45, 7) is 1.69. The number of halogens is 3. The Balaban J connectivity index is 2.09. The minimum Gasteiger partial charge on any atom is -0.358 e. The zero-order valence-electron chi connectivity index (χ0n) is 17.5. The largest absolute Gasteiger partial charge is 0.488 e. The molecule has 0 saturated heterocycles. The van der Waals surface area contributed by atoms with Crippen LogP contribution in [-0.2, 0) is 36.9 Å². The minimum atomic E-state index is -5.26. The summed E-state index contributed by atoms with van der Waals surface area (Å²) in [4.78, 5) is 0. The lowest BCUT2D eigenvalue weighted by Crippen LogP contribution is -2.25. The molecule has 0 amide bonds. The van der Waals surface area contributed by atoms with Crippen LogP contribution >= 0.6 is 0 Å². The molecule has 0 aromatic heterocycles. The molecule has 3 rings (SSSR count). The standard InChI is InChI=1S/C20H15F3O9S3/c1-20(14-2-8-17(9-3-14)30-33(21,24)25,15-4-10-18(11-5-15)31-34(22,26)27)16-6-12-19(13-7-16)32-35(23,28)29/h2-13H,1H3. The van der Waals surface area contributed by atoms with Gasteiger partial charge in [-0.05, 0) is 60.0 Å². The number of hydrogen-bond donors (Lipinski definition) is 0. The highest BCUT2D eigenvalue weighted by Gasteiger charge is 2.32. The topological polar surface area (TPSA) is 130 Å². The molecule has 0 aliphatic carbocycles. The fraction of sp³-hybridized carbons (Fsp3) is 0.100. The minimum absolute atomic E-state index is 0.313. The molecule has 0 heterocycles. The Morgan fingerprint density at radius 1 is 0.486 bits per heavy atom. The van der Waals surface area contributed by atoms with E-state index in [0.717, 1.165) is 0 Å². The Labute approximate surface area is 200 Å². The van der Waals surface area contributed by atoms with E-state index in [4.69, 9.17) is 0 Å². The van der Waals surface area contributed by atoms with E-state index in [-0.39, 0.29) is 17.2 Å². The first kappa shape index (κ1) is 26.3. The molecule has 35 heavy (non-hydrogen) atoms. The predicted molar refractivity (Wildman–Crippen MR) is 117 cm³/mol. The summed E-state index contributed by atoms with van der Waals surface area (Å²) in [6, 6.07) is 15.7. The van der Waals surface area contributed by atoms with Crippen molar-refractivity contribution in [2.45, 2.75) is 12.3 Å². The molecule has 0 aliphatic heterocycles. The van der Waals surface area contributed by atoms with Crippen LogP contribution in [0.3, 0.4) is 0 Å². The van der Waals surface area contributed by atoms with Gasteiger partial charge in [-0.15, -0.1) is 0 Å². The van der Waals surface area contributed by atoms with Gasteiger partial charge in [0.1, 0.15) is 17.2 Å². The maximum absolute atomic E-state index is 12.8. The van der Waals surface area contributed by atoms with Crippen molar-refractivity contribution >= 4 is 31.5 Å². The third kappa shape index (κ3) is 7.10. The van der Waals surface area contributed by atoms with Crippen molar-refractivity contribution < 1.29 is 49.5 Å². The van der Waals surface area contributed by atoms with Crippen LogP contribution in [0.2, 0.25) is 0 Å². The Hall–Kier alpha value is -3.30. The summed E-state index contributed by atoms with van der Waals surface area (Å²) in [5.41, 5.74) is 0.354. The summed E-state index contributed by atoms with van der Waals surface area (Å²) >= 11 is 0. The van der Waals surface area contributed by atoms with E-state index >= 15 is 0 Å². The van der Waals surface area contributed by atoms with Crippen molar-refractivity contribution in [2.24, 2.45) is 0 Å². The molecule has 3 aromatic rings. The number of rotatable bonds is 9. The molecule has 0 atom stereocenters. The smallest absolute Gasteiger partial charge is 0.358 e. The molecule has 3 aromatic carbocycles. The van der Waals surface area contributed by atoms with Gasteiger partial charge in [-0.2, -0.15) is 25.3 Å². The van der Waals surface area contributed by atoms with E-state index in [9.17, 15) is 36.9 Å². The van der Waals surface area contributed by atoms with Gasteiger partial charge < -0.3 is 12.5 Å². The quantitative estimate of drug-likeness (QED) is 0.287. The van der Waals surface area contributed by atoms with Crippen LogP contribution in [0.4, 0.5) is 11.7 Å². The second-order valence-electron chi connectivity index (χ2n) is 7.13. The highest BCUT2D eigenvalue weighted by molar-refractivity contribution is 7.82. The third-order valence-corrected chi connectivity index (χ3v) is 6.06. The number of benzene rings is 3. The molecule has 0 fully saturated rings. The summed E-state index contributed by atoms with van der Waals surface area (Å²) < 4.78 is 116. The molecular weight excluding hydrogens is 537 g/mol. The first-order valence-electron chi connectivity index (χ1n) is 9.29. The Bertz CT molecular complexity index is 1330. The molecule has 0 radical (unpaired) electrons. The van der Waals surface area contributed by atoms with Gasteiger partial charge in [-0.3, -0.25) is 0 Å². The second-order valence-corrected chi connectivity index (χ2v) is 9.99. The molecule has 9 nitrogen and oxygen atoms in total. The molecule has 0 saturated carbocycles. The van der Waals surface area contributed by atoms with Gasteiger partial charge in [-0.1, -0.05) is 48.1 Å². The molecular formula is C20H15F3O9S3. The van der Waals surface area contributed by atoms with Gasteiger partial charge >= 0.3 is 31.5 Å². The fourth-order valence-corrected chi connectivity index (χ4v) is 4.40. The van der Waals surface area contributed by atoms with Crippen LogP contribution in [0.25, 0.3) is 0 Å². The maximum Gasteiger partial charge on any atom is 0.488 e. The second kappa shape index (κ2) is 9.39. The SMILES string of the molecule is CC(c1ccc(OS(=O)(=O)F)cc1)(c1ccc(OS(=O)(=O)F)cc1)c1ccc(OS(=O)(=O)F)cc1. The Morgan fingerprint density at radius 3 is 0.857 bits per heavy atom. The van der Waals surface area contributed by atoms with Crippen LogP contribution in [-0.4, -0.2) is 25.3 Å². The lowest BCUT2D eigenvalue weighted by molar-refractivity contribution is 0.438. The molecule has 0 aliphatic rings. The van der Waals surface area contributed by atoms with E-state index in [1.165, 1.54) is 72.8 Å². The average molecular weight is 553 g/mol. The molecule has 188 valence electrons. The van der Waals surface area contributed by atoms with E-state index in [2.05, 4.69) is 12.5 Å². The van der Waals surface area contributed by atoms with Crippen LogP contribution in [0.1, 0.15) is 23.6 Å². The van der Waals surface area contributed by atoms with Crippen molar-refractivity contribution in [2.75, 3.05) is 0 Å². The van der Waals surface area contributed by atoms with Gasteiger partial charge in [0, 0.05) is 5.41 Å². The Morgan fingerprint density at radius 2 is 0.686 bits per heavy atom. The van der Waals surface area contributed by atoms with Crippen molar-refractivity contribution in [3.8, 4) is 17.2 Å². The first-order valence-corrected chi connectivity index (χ1v) is 13.2. The maximum atomic E-state index is 12.8. The number of hydrogen-bond acceptors (Lipinski definition) is 9. The monoisotopic (exact) mass is 552 g/mol. The summed E-state index contributed by atoms with van der Waals surface area (Å²) in [6.07, 6.45) is 0. The lowest BCUT2D eigenvalue weighted by atomic mass is 9.71. The molecule has 0 N–H and O–H groups in total. The Kier molecular flexibility index (Phi) is 7.06.